The van der Waals surface area contributed by atoms with Crippen molar-refractivity contribution in [2.24, 2.45) is 0 Å². The van der Waals surface area contributed by atoms with Gasteiger partial charge in [0.2, 0.25) is 0 Å². The first kappa shape index (κ1) is 15.4. The largest absolute Gasteiger partial charge is 0.494 e. The highest BCUT2D eigenvalue weighted by molar-refractivity contribution is 7.99. The highest BCUT2D eigenvalue weighted by Gasteiger charge is 2.09. The minimum atomic E-state index is -0.538. The minimum absolute atomic E-state index is 0.131. The summed E-state index contributed by atoms with van der Waals surface area (Å²) >= 11 is 1.66. The summed E-state index contributed by atoms with van der Waals surface area (Å²) in [4.78, 5) is 13.0. The van der Waals surface area contributed by atoms with Crippen LogP contribution in [0.25, 0.3) is 0 Å². The van der Waals surface area contributed by atoms with E-state index in [0.717, 1.165) is 10.6 Å². The van der Waals surface area contributed by atoms with Crippen LogP contribution in [0.4, 0.5) is 4.39 Å². The van der Waals surface area contributed by atoms with E-state index in [1.807, 2.05) is 30.3 Å². The van der Waals surface area contributed by atoms with Gasteiger partial charge < -0.3 is 10.1 Å². The molecule has 0 atom stereocenters. The van der Waals surface area contributed by atoms with Gasteiger partial charge in [-0.1, -0.05) is 18.2 Å². The number of benzene rings is 2. The molecule has 1 N–H and O–H groups in total. The van der Waals surface area contributed by atoms with Crippen molar-refractivity contribution in [1.29, 1.82) is 0 Å². The van der Waals surface area contributed by atoms with Crippen LogP contribution < -0.4 is 10.1 Å². The zero-order chi connectivity index (χ0) is 15.1. The van der Waals surface area contributed by atoms with Crippen molar-refractivity contribution in [3.63, 3.8) is 0 Å². The molecule has 0 aliphatic carbocycles. The summed E-state index contributed by atoms with van der Waals surface area (Å²) in [6.45, 7) is 0.520. The molecule has 21 heavy (non-hydrogen) atoms. The van der Waals surface area contributed by atoms with Crippen molar-refractivity contribution in [3.8, 4) is 5.75 Å². The molecule has 2 aromatic rings. The Labute approximate surface area is 127 Å². The van der Waals surface area contributed by atoms with Crippen LogP contribution in [0.3, 0.4) is 0 Å². The molecule has 2 aromatic carbocycles. The van der Waals surface area contributed by atoms with Gasteiger partial charge in [0, 0.05) is 22.8 Å². The number of carbonyl (C=O) groups excluding carboxylic acids is 1. The number of thioether (sulfide) groups is 1. The van der Waals surface area contributed by atoms with Crippen LogP contribution in [0, 0.1) is 5.82 Å². The number of halogens is 1. The Kier molecular flexibility index (Phi) is 5.63. The maximum atomic E-state index is 13.5. The zero-order valence-electron chi connectivity index (χ0n) is 11.6. The molecule has 5 heteroatoms. The number of amides is 1. The molecule has 0 bridgehead atoms. The summed E-state index contributed by atoms with van der Waals surface area (Å²) in [5, 5.41) is 2.77. The van der Waals surface area contributed by atoms with Gasteiger partial charge in [-0.15, -0.1) is 11.8 Å². The van der Waals surface area contributed by atoms with Crippen molar-refractivity contribution in [2.75, 3.05) is 19.4 Å². The molecule has 110 valence electrons. The number of hydrogen-bond acceptors (Lipinski definition) is 3. The number of methoxy groups -OCH3 is 1. The van der Waals surface area contributed by atoms with Gasteiger partial charge in [0.1, 0.15) is 0 Å². The smallest absolute Gasteiger partial charge is 0.251 e. The predicted molar refractivity (Wildman–Crippen MR) is 82.5 cm³/mol. The highest BCUT2D eigenvalue weighted by Crippen LogP contribution is 2.18. The lowest BCUT2D eigenvalue weighted by Gasteiger charge is -2.07. The van der Waals surface area contributed by atoms with Crippen LogP contribution in [-0.2, 0) is 0 Å². The molecule has 3 nitrogen and oxygen atoms in total. The third-order valence-corrected chi connectivity index (χ3v) is 3.83. The molecule has 0 saturated carbocycles. The Bertz CT molecular complexity index is 604. The Morgan fingerprint density at radius 2 is 2.00 bits per heavy atom. The lowest BCUT2D eigenvalue weighted by Crippen LogP contribution is -2.25. The average molecular weight is 305 g/mol. The molecular formula is C16H16FNO2S. The molecule has 0 aliphatic rings. The lowest BCUT2D eigenvalue weighted by atomic mass is 10.2. The third-order valence-electron chi connectivity index (χ3n) is 2.81. The quantitative estimate of drug-likeness (QED) is 0.657. The van der Waals surface area contributed by atoms with Gasteiger partial charge in [0.05, 0.1) is 7.11 Å². The second-order valence-corrected chi connectivity index (χ2v) is 5.44. The first-order chi connectivity index (χ1) is 10.2. The Morgan fingerprint density at radius 3 is 2.67 bits per heavy atom. The molecule has 0 spiro atoms. The topological polar surface area (TPSA) is 38.3 Å². The summed E-state index contributed by atoms with van der Waals surface area (Å²) in [6, 6.07) is 14.1. The number of hydrogen-bond donors (Lipinski definition) is 1. The first-order valence-electron chi connectivity index (χ1n) is 6.50. The third kappa shape index (κ3) is 4.49. The van der Waals surface area contributed by atoms with Gasteiger partial charge in [-0.2, -0.15) is 0 Å². The SMILES string of the molecule is COc1ccc(C(=O)NCCSc2ccccc2)cc1F. The molecule has 2 rings (SSSR count). The Hall–Kier alpha value is -2.01. The first-order valence-corrected chi connectivity index (χ1v) is 7.49. The maximum absolute atomic E-state index is 13.5. The Balaban J connectivity index is 1.80. The second kappa shape index (κ2) is 7.69. The zero-order valence-corrected chi connectivity index (χ0v) is 12.5. The second-order valence-electron chi connectivity index (χ2n) is 4.27. The minimum Gasteiger partial charge on any atom is -0.494 e. The molecule has 0 unspecified atom stereocenters. The summed E-state index contributed by atoms with van der Waals surface area (Å²) < 4.78 is 18.3. The van der Waals surface area contributed by atoms with Crippen LogP contribution in [0.2, 0.25) is 0 Å². The van der Waals surface area contributed by atoms with E-state index in [-0.39, 0.29) is 17.2 Å². The van der Waals surface area contributed by atoms with E-state index in [2.05, 4.69) is 5.32 Å². The van der Waals surface area contributed by atoms with Crippen molar-refractivity contribution in [2.45, 2.75) is 4.90 Å². The van der Waals surface area contributed by atoms with E-state index in [1.165, 1.54) is 19.2 Å². The van der Waals surface area contributed by atoms with Gasteiger partial charge in [0.25, 0.3) is 5.91 Å². The molecule has 0 aliphatic heterocycles. The van der Waals surface area contributed by atoms with E-state index in [9.17, 15) is 9.18 Å². The summed E-state index contributed by atoms with van der Waals surface area (Å²) in [5.74, 6) is 0.0641. The summed E-state index contributed by atoms with van der Waals surface area (Å²) in [7, 11) is 1.39. The molecule has 1 amide bonds. The molecule has 0 saturated heterocycles. The molecule has 0 aromatic heterocycles. The average Bonchev–Trinajstić information content (AvgIpc) is 2.52. The van der Waals surface area contributed by atoms with Crippen molar-refractivity contribution < 1.29 is 13.9 Å². The maximum Gasteiger partial charge on any atom is 0.251 e. The predicted octanol–water partition coefficient (Wildman–Crippen LogP) is 3.36. The van der Waals surface area contributed by atoms with Gasteiger partial charge in [0.15, 0.2) is 11.6 Å². The fourth-order valence-electron chi connectivity index (χ4n) is 1.76. The van der Waals surface area contributed by atoms with Gasteiger partial charge >= 0.3 is 0 Å². The summed E-state index contributed by atoms with van der Waals surface area (Å²) in [5.41, 5.74) is 0.290. The normalized spacial score (nSPS) is 10.2. The molecule has 0 heterocycles. The van der Waals surface area contributed by atoms with Crippen LogP contribution >= 0.6 is 11.8 Å². The van der Waals surface area contributed by atoms with E-state index in [1.54, 1.807) is 17.8 Å². The summed E-state index contributed by atoms with van der Waals surface area (Å²) in [6.07, 6.45) is 0. The van der Waals surface area contributed by atoms with Crippen molar-refractivity contribution in [1.82, 2.24) is 5.32 Å². The Morgan fingerprint density at radius 1 is 1.24 bits per heavy atom. The number of ether oxygens (including phenoxy) is 1. The van der Waals surface area contributed by atoms with Crippen molar-refractivity contribution in [3.05, 3.63) is 59.9 Å². The molecule has 0 radical (unpaired) electrons. The lowest BCUT2D eigenvalue weighted by molar-refractivity contribution is 0.0955. The van der Waals surface area contributed by atoms with Crippen LogP contribution in [0.1, 0.15) is 10.4 Å². The standard InChI is InChI=1S/C16H16FNO2S/c1-20-15-8-7-12(11-14(15)17)16(19)18-9-10-21-13-5-3-2-4-6-13/h2-8,11H,9-10H2,1H3,(H,18,19). The molecule has 0 fully saturated rings. The van der Waals surface area contributed by atoms with E-state index in [0.29, 0.717) is 6.54 Å². The van der Waals surface area contributed by atoms with E-state index < -0.39 is 5.82 Å². The van der Waals surface area contributed by atoms with Crippen LogP contribution in [0.5, 0.6) is 5.75 Å². The van der Waals surface area contributed by atoms with Crippen LogP contribution in [-0.4, -0.2) is 25.3 Å². The van der Waals surface area contributed by atoms with Gasteiger partial charge in [-0.3, -0.25) is 4.79 Å². The fraction of sp³-hybridized carbons (Fsp3) is 0.188. The number of rotatable bonds is 6. The monoisotopic (exact) mass is 305 g/mol. The van der Waals surface area contributed by atoms with Crippen LogP contribution in [0.15, 0.2) is 53.4 Å². The number of nitrogens with one attached hydrogen (secondary N) is 1. The molecular weight excluding hydrogens is 289 g/mol. The van der Waals surface area contributed by atoms with Gasteiger partial charge in [-0.05, 0) is 30.3 Å². The van der Waals surface area contributed by atoms with Gasteiger partial charge in [-0.25, -0.2) is 4.39 Å². The highest BCUT2D eigenvalue weighted by atomic mass is 32.2. The fourth-order valence-corrected chi connectivity index (χ4v) is 2.55. The van der Waals surface area contributed by atoms with E-state index in [4.69, 9.17) is 4.74 Å². The number of carbonyl (C=O) groups is 1. The van der Waals surface area contributed by atoms with E-state index >= 15 is 0 Å². The van der Waals surface area contributed by atoms with Crippen molar-refractivity contribution >= 4 is 17.7 Å².